The molecule has 0 fully saturated rings. The molecule has 4 heteroatoms. The molecule has 0 atom stereocenters. The molecule has 0 aliphatic carbocycles. The highest BCUT2D eigenvalue weighted by Gasteiger charge is 2.03. The molecule has 0 unspecified atom stereocenters. The van der Waals surface area contributed by atoms with E-state index in [4.69, 9.17) is 9.84 Å². The first-order chi connectivity index (χ1) is 9.26. The number of carbonyl (C=O) groups excluding carboxylic acids is 1. The van der Waals surface area contributed by atoms with Gasteiger partial charge in [-0.3, -0.25) is 4.79 Å². The molecule has 0 saturated carbocycles. The Labute approximate surface area is 114 Å². The Hall–Kier alpha value is -1.39. The maximum Gasteiger partial charge on any atom is 0.226 e. The van der Waals surface area contributed by atoms with Gasteiger partial charge >= 0.3 is 0 Å². The highest BCUT2D eigenvalue weighted by atomic mass is 16.5. The topological polar surface area (TPSA) is 58.6 Å². The summed E-state index contributed by atoms with van der Waals surface area (Å²) in [5, 5.41) is 11.7. The smallest absolute Gasteiger partial charge is 0.226 e. The summed E-state index contributed by atoms with van der Waals surface area (Å²) in [4.78, 5) is 11.7. The number of rotatable bonds is 9. The van der Waals surface area contributed by atoms with E-state index in [-0.39, 0.29) is 12.5 Å². The summed E-state index contributed by atoms with van der Waals surface area (Å²) in [7, 11) is 0. The van der Waals surface area contributed by atoms with E-state index in [0.29, 0.717) is 19.6 Å². The van der Waals surface area contributed by atoms with Crippen LogP contribution in [0.5, 0.6) is 0 Å². The monoisotopic (exact) mass is 265 g/mol. The van der Waals surface area contributed by atoms with Crippen LogP contribution < -0.4 is 5.32 Å². The number of amides is 1. The zero-order valence-corrected chi connectivity index (χ0v) is 11.5. The lowest BCUT2D eigenvalue weighted by molar-refractivity contribution is -0.117. The number of benzene rings is 1. The van der Waals surface area contributed by atoms with E-state index in [1.165, 1.54) is 0 Å². The Bertz CT molecular complexity index is 379. The minimum absolute atomic E-state index is 0.0320. The summed E-state index contributed by atoms with van der Waals surface area (Å²) in [5.41, 5.74) is 1.92. The molecule has 4 nitrogen and oxygen atoms in total. The molecule has 106 valence electrons. The third-order valence-corrected chi connectivity index (χ3v) is 2.66. The average molecular weight is 265 g/mol. The van der Waals surface area contributed by atoms with Crippen molar-refractivity contribution < 1.29 is 14.6 Å². The molecule has 0 aromatic heterocycles. The molecule has 0 bridgehead atoms. The van der Waals surface area contributed by atoms with Gasteiger partial charge in [-0.15, -0.1) is 0 Å². The summed E-state index contributed by atoms with van der Waals surface area (Å²) in [6.45, 7) is 3.39. The molecule has 0 heterocycles. The Balaban J connectivity index is 2.36. The van der Waals surface area contributed by atoms with Crippen molar-refractivity contribution in [1.82, 2.24) is 0 Å². The largest absolute Gasteiger partial charge is 0.396 e. The summed E-state index contributed by atoms with van der Waals surface area (Å²) in [6, 6.07) is 7.72. The van der Waals surface area contributed by atoms with Crippen LogP contribution in [0.2, 0.25) is 0 Å². The van der Waals surface area contributed by atoms with Gasteiger partial charge in [0.15, 0.2) is 0 Å². The summed E-state index contributed by atoms with van der Waals surface area (Å²) in [5.74, 6) is -0.0320. The van der Waals surface area contributed by atoms with E-state index in [1.807, 2.05) is 31.2 Å². The lowest BCUT2D eigenvalue weighted by Gasteiger charge is -2.07. The zero-order valence-electron chi connectivity index (χ0n) is 11.5. The predicted molar refractivity (Wildman–Crippen MR) is 76.2 cm³/mol. The molecule has 1 rings (SSSR count). The molecule has 2 N–H and O–H groups in total. The number of anilines is 1. The Morgan fingerprint density at radius 1 is 1.37 bits per heavy atom. The fourth-order valence-corrected chi connectivity index (χ4v) is 1.72. The van der Waals surface area contributed by atoms with Gasteiger partial charge in [0.1, 0.15) is 0 Å². The quantitative estimate of drug-likeness (QED) is 0.674. The van der Waals surface area contributed by atoms with E-state index in [1.54, 1.807) is 0 Å². The second kappa shape index (κ2) is 9.53. The van der Waals surface area contributed by atoms with Crippen molar-refractivity contribution in [3.05, 3.63) is 29.8 Å². The summed E-state index contributed by atoms with van der Waals surface area (Å²) < 4.78 is 5.28. The van der Waals surface area contributed by atoms with Gasteiger partial charge in [0, 0.05) is 18.9 Å². The van der Waals surface area contributed by atoms with Gasteiger partial charge < -0.3 is 15.2 Å². The molecule has 0 radical (unpaired) electrons. The first kappa shape index (κ1) is 15.7. The van der Waals surface area contributed by atoms with Crippen molar-refractivity contribution in [2.24, 2.45) is 0 Å². The fourth-order valence-electron chi connectivity index (χ4n) is 1.72. The highest BCUT2D eigenvalue weighted by molar-refractivity contribution is 5.90. The van der Waals surface area contributed by atoms with Crippen LogP contribution in [-0.4, -0.2) is 30.8 Å². The van der Waals surface area contributed by atoms with Crippen molar-refractivity contribution >= 4 is 11.6 Å². The van der Waals surface area contributed by atoms with Gasteiger partial charge in [-0.1, -0.05) is 19.1 Å². The van der Waals surface area contributed by atoms with Crippen LogP contribution in [0.25, 0.3) is 0 Å². The molecule has 1 aromatic carbocycles. The van der Waals surface area contributed by atoms with E-state index in [9.17, 15) is 4.79 Å². The number of aryl methyl sites for hydroxylation is 1. The maximum atomic E-state index is 11.7. The number of aliphatic hydroxyl groups is 1. The van der Waals surface area contributed by atoms with E-state index in [2.05, 4.69) is 5.32 Å². The molecular formula is C15H23NO3. The third kappa shape index (κ3) is 6.94. The van der Waals surface area contributed by atoms with Crippen LogP contribution in [0.4, 0.5) is 5.69 Å². The SMILES string of the molecule is CCCOCCC(=O)Nc1cccc(CCCO)c1. The maximum absolute atomic E-state index is 11.7. The first-order valence-corrected chi connectivity index (χ1v) is 6.83. The third-order valence-electron chi connectivity index (χ3n) is 2.66. The summed E-state index contributed by atoms with van der Waals surface area (Å²) >= 11 is 0. The Kier molecular flexibility index (Phi) is 7.86. The van der Waals surface area contributed by atoms with Crippen LogP contribution in [-0.2, 0) is 16.0 Å². The van der Waals surface area contributed by atoms with Crippen LogP contribution in [0.3, 0.4) is 0 Å². The van der Waals surface area contributed by atoms with Crippen molar-refractivity contribution in [2.45, 2.75) is 32.6 Å². The normalized spacial score (nSPS) is 10.4. The summed E-state index contributed by atoms with van der Waals surface area (Å²) in [6.07, 6.45) is 2.90. The number of hydrogen-bond donors (Lipinski definition) is 2. The number of hydrogen-bond acceptors (Lipinski definition) is 3. The molecule has 19 heavy (non-hydrogen) atoms. The van der Waals surface area contributed by atoms with Gasteiger partial charge in [0.05, 0.1) is 13.0 Å². The Morgan fingerprint density at radius 2 is 2.21 bits per heavy atom. The molecule has 1 amide bonds. The average Bonchev–Trinajstić information content (AvgIpc) is 2.42. The van der Waals surface area contributed by atoms with Crippen LogP contribution in [0.15, 0.2) is 24.3 Å². The standard InChI is InChI=1S/C15H23NO3/c1-2-10-19-11-8-15(18)16-14-7-3-5-13(12-14)6-4-9-17/h3,5,7,12,17H,2,4,6,8-11H2,1H3,(H,16,18). The van der Waals surface area contributed by atoms with Crippen molar-refractivity contribution in [3.63, 3.8) is 0 Å². The van der Waals surface area contributed by atoms with Gasteiger partial charge in [-0.2, -0.15) is 0 Å². The Morgan fingerprint density at radius 3 is 2.95 bits per heavy atom. The van der Waals surface area contributed by atoms with Crippen molar-refractivity contribution in [2.75, 3.05) is 25.1 Å². The minimum Gasteiger partial charge on any atom is -0.396 e. The van der Waals surface area contributed by atoms with Gasteiger partial charge in [-0.05, 0) is 37.0 Å². The fraction of sp³-hybridized carbons (Fsp3) is 0.533. The van der Waals surface area contributed by atoms with E-state index >= 15 is 0 Å². The number of carbonyl (C=O) groups is 1. The van der Waals surface area contributed by atoms with E-state index in [0.717, 1.165) is 30.5 Å². The first-order valence-electron chi connectivity index (χ1n) is 6.83. The lowest BCUT2D eigenvalue weighted by atomic mass is 10.1. The van der Waals surface area contributed by atoms with Crippen LogP contribution >= 0.6 is 0 Å². The number of nitrogens with one attached hydrogen (secondary N) is 1. The van der Waals surface area contributed by atoms with Crippen LogP contribution in [0.1, 0.15) is 31.7 Å². The van der Waals surface area contributed by atoms with Crippen LogP contribution in [0, 0.1) is 0 Å². The van der Waals surface area contributed by atoms with Crippen molar-refractivity contribution in [3.8, 4) is 0 Å². The number of ether oxygens (including phenoxy) is 1. The van der Waals surface area contributed by atoms with Crippen molar-refractivity contribution in [1.29, 1.82) is 0 Å². The molecule has 0 spiro atoms. The van der Waals surface area contributed by atoms with Gasteiger partial charge in [-0.25, -0.2) is 0 Å². The van der Waals surface area contributed by atoms with Gasteiger partial charge in [0.2, 0.25) is 5.91 Å². The molecule has 1 aromatic rings. The molecule has 0 aliphatic rings. The predicted octanol–water partition coefficient (Wildman–Crippen LogP) is 2.37. The second-order valence-corrected chi connectivity index (χ2v) is 4.44. The second-order valence-electron chi connectivity index (χ2n) is 4.44. The minimum atomic E-state index is -0.0320. The zero-order chi connectivity index (χ0) is 13.9. The van der Waals surface area contributed by atoms with Gasteiger partial charge in [0.25, 0.3) is 0 Å². The molecular weight excluding hydrogens is 242 g/mol. The molecule has 0 saturated heterocycles. The molecule has 0 aliphatic heterocycles. The van der Waals surface area contributed by atoms with E-state index < -0.39 is 0 Å². The highest BCUT2D eigenvalue weighted by Crippen LogP contribution is 2.12. The number of aliphatic hydroxyl groups excluding tert-OH is 1. The lowest BCUT2D eigenvalue weighted by Crippen LogP contribution is -2.14.